The maximum absolute atomic E-state index is 11.6. The van der Waals surface area contributed by atoms with Crippen LogP contribution in [-0.2, 0) is 11.2 Å². The van der Waals surface area contributed by atoms with Crippen LogP contribution in [0.25, 0.3) is 0 Å². The number of rotatable bonds is 8. The summed E-state index contributed by atoms with van der Waals surface area (Å²) in [6.07, 6.45) is 3.17. The number of hydrogen-bond acceptors (Lipinski definition) is 3. The number of carbonyl (C=O) groups excluding carboxylic acids is 1. The molecule has 1 aromatic heterocycles. The molecule has 0 aliphatic carbocycles. The number of furan rings is 1. The molecule has 2 N–H and O–H groups in total. The van der Waals surface area contributed by atoms with Crippen LogP contribution in [0.1, 0.15) is 48.9 Å². The molecule has 0 aromatic carbocycles. The quantitative estimate of drug-likeness (QED) is 0.696. The number of hydrogen-bond donors (Lipinski definition) is 2. The Morgan fingerprint density at radius 1 is 1.28 bits per heavy atom. The standard InChI is InChI=1S/C13H19NO4/c1-2-10-7-8-11(18-10)13(17)14-9-5-3-4-6-12(15)16/h7-8H,2-6,9H2,1H3,(H,14,17)(H,15,16). The highest BCUT2D eigenvalue weighted by Gasteiger charge is 2.09. The molecule has 0 spiro atoms. The van der Waals surface area contributed by atoms with E-state index in [0.29, 0.717) is 18.7 Å². The molecule has 1 amide bonds. The van der Waals surface area contributed by atoms with Crippen LogP contribution in [-0.4, -0.2) is 23.5 Å². The lowest BCUT2D eigenvalue weighted by atomic mass is 10.2. The van der Waals surface area contributed by atoms with Crippen LogP contribution in [0.2, 0.25) is 0 Å². The van der Waals surface area contributed by atoms with E-state index in [1.165, 1.54) is 0 Å². The molecule has 0 saturated heterocycles. The minimum Gasteiger partial charge on any atom is -0.481 e. The molecule has 18 heavy (non-hydrogen) atoms. The molecular formula is C13H19NO4. The first-order valence-corrected chi connectivity index (χ1v) is 6.22. The first-order chi connectivity index (χ1) is 8.63. The Hall–Kier alpha value is -1.78. The maximum atomic E-state index is 11.6. The van der Waals surface area contributed by atoms with Gasteiger partial charge in [0.2, 0.25) is 0 Å². The van der Waals surface area contributed by atoms with Gasteiger partial charge in [-0.15, -0.1) is 0 Å². The van der Waals surface area contributed by atoms with E-state index in [-0.39, 0.29) is 12.3 Å². The number of carboxylic acids is 1. The molecule has 5 nitrogen and oxygen atoms in total. The fourth-order valence-corrected chi connectivity index (χ4v) is 1.56. The first kappa shape index (κ1) is 14.3. The normalized spacial score (nSPS) is 10.3. The van der Waals surface area contributed by atoms with Crippen LogP contribution in [0, 0.1) is 0 Å². The van der Waals surface area contributed by atoms with Crippen molar-refractivity contribution < 1.29 is 19.1 Å². The lowest BCUT2D eigenvalue weighted by Crippen LogP contribution is -2.23. The Labute approximate surface area is 106 Å². The average molecular weight is 253 g/mol. The third kappa shape index (κ3) is 5.03. The number of aliphatic carboxylic acids is 1. The fraction of sp³-hybridized carbons (Fsp3) is 0.538. The van der Waals surface area contributed by atoms with E-state index in [1.54, 1.807) is 12.1 Å². The SMILES string of the molecule is CCc1ccc(C(=O)NCCCCCC(=O)O)o1. The summed E-state index contributed by atoms with van der Waals surface area (Å²) in [5.74, 6) is 0.133. The van der Waals surface area contributed by atoms with Crippen molar-refractivity contribution in [2.24, 2.45) is 0 Å². The van der Waals surface area contributed by atoms with E-state index in [0.717, 1.165) is 25.0 Å². The molecule has 1 heterocycles. The largest absolute Gasteiger partial charge is 0.481 e. The van der Waals surface area contributed by atoms with E-state index < -0.39 is 5.97 Å². The number of carbonyl (C=O) groups is 2. The van der Waals surface area contributed by atoms with Crippen LogP contribution < -0.4 is 5.32 Å². The molecule has 1 rings (SSSR count). The molecule has 0 bridgehead atoms. The molecule has 0 atom stereocenters. The van der Waals surface area contributed by atoms with Crippen molar-refractivity contribution >= 4 is 11.9 Å². The van der Waals surface area contributed by atoms with Gasteiger partial charge < -0.3 is 14.8 Å². The number of carboxylic acid groups (broad SMARTS) is 1. The maximum Gasteiger partial charge on any atom is 0.303 e. The Balaban J connectivity index is 2.15. The Morgan fingerprint density at radius 3 is 2.67 bits per heavy atom. The molecule has 0 radical (unpaired) electrons. The van der Waals surface area contributed by atoms with Gasteiger partial charge in [-0.25, -0.2) is 0 Å². The van der Waals surface area contributed by atoms with Crippen LogP contribution in [0.5, 0.6) is 0 Å². The molecule has 0 fully saturated rings. The highest BCUT2D eigenvalue weighted by Crippen LogP contribution is 2.08. The zero-order valence-electron chi connectivity index (χ0n) is 10.6. The number of nitrogens with one attached hydrogen (secondary N) is 1. The van der Waals surface area contributed by atoms with Crippen molar-refractivity contribution in [3.8, 4) is 0 Å². The van der Waals surface area contributed by atoms with Gasteiger partial charge in [-0.3, -0.25) is 9.59 Å². The van der Waals surface area contributed by atoms with Crippen molar-refractivity contribution in [3.05, 3.63) is 23.7 Å². The molecular weight excluding hydrogens is 234 g/mol. The van der Waals surface area contributed by atoms with Crippen molar-refractivity contribution in [3.63, 3.8) is 0 Å². The predicted molar refractivity (Wildman–Crippen MR) is 66.5 cm³/mol. The van der Waals surface area contributed by atoms with Gasteiger partial charge in [-0.1, -0.05) is 13.3 Å². The lowest BCUT2D eigenvalue weighted by Gasteiger charge is -2.02. The van der Waals surface area contributed by atoms with Gasteiger partial charge in [0.15, 0.2) is 5.76 Å². The first-order valence-electron chi connectivity index (χ1n) is 6.22. The van der Waals surface area contributed by atoms with Gasteiger partial charge in [0.05, 0.1) is 0 Å². The predicted octanol–water partition coefficient (Wildman–Crippen LogP) is 2.22. The van der Waals surface area contributed by atoms with Crippen LogP contribution in [0.15, 0.2) is 16.5 Å². The van der Waals surface area contributed by atoms with Gasteiger partial charge in [0, 0.05) is 19.4 Å². The summed E-state index contributed by atoms with van der Waals surface area (Å²) >= 11 is 0. The summed E-state index contributed by atoms with van der Waals surface area (Å²) in [7, 11) is 0. The van der Waals surface area contributed by atoms with E-state index >= 15 is 0 Å². The van der Waals surface area contributed by atoms with Crippen molar-refractivity contribution in [2.75, 3.05) is 6.54 Å². The molecule has 1 aromatic rings. The second-order valence-electron chi connectivity index (χ2n) is 4.08. The number of aryl methyl sites for hydroxylation is 1. The fourth-order valence-electron chi connectivity index (χ4n) is 1.56. The highest BCUT2D eigenvalue weighted by molar-refractivity contribution is 5.91. The van der Waals surface area contributed by atoms with Crippen molar-refractivity contribution in [2.45, 2.75) is 39.0 Å². The summed E-state index contributed by atoms with van der Waals surface area (Å²) in [6.45, 7) is 2.50. The summed E-state index contributed by atoms with van der Waals surface area (Å²) in [4.78, 5) is 21.9. The summed E-state index contributed by atoms with van der Waals surface area (Å²) < 4.78 is 5.31. The molecule has 5 heteroatoms. The van der Waals surface area contributed by atoms with E-state index in [1.807, 2.05) is 6.92 Å². The van der Waals surface area contributed by atoms with Gasteiger partial charge >= 0.3 is 5.97 Å². The molecule has 0 aliphatic rings. The average Bonchev–Trinajstić information content (AvgIpc) is 2.81. The second-order valence-corrected chi connectivity index (χ2v) is 4.08. The van der Waals surface area contributed by atoms with Gasteiger partial charge in [-0.2, -0.15) is 0 Å². The van der Waals surface area contributed by atoms with E-state index in [9.17, 15) is 9.59 Å². The van der Waals surface area contributed by atoms with Gasteiger partial charge in [0.25, 0.3) is 5.91 Å². The van der Waals surface area contributed by atoms with E-state index in [2.05, 4.69) is 5.32 Å². The molecule has 0 unspecified atom stereocenters. The monoisotopic (exact) mass is 253 g/mol. The molecule has 0 aliphatic heterocycles. The lowest BCUT2D eigenvalue weighted by molar-refractivity contribution is -0.137. The summed E-state index contributed by atoms with van der Waals surface area (Å²) in [5, 5.41) is 11.2. The van der Waals surface area contributed by atoms with Crippen LogP contribution in [0.3, 0.4) is 0 Å². The minimum absolute atomic E-state index is 0.186. The van der Waals surface area contributed by atoms with Crippen molar-refractivity contribution in [1.82, 2.24) is 5.32 Å². The number of unbranched alkanes of at least 4 members (excludes halogenated alkanes) is 2. The van der Waals surface area contributed by atoms with E-state index in [4.69, 9.17) is 9.52 Å². The Kier molecular flexibility index (Phi) is 5.97. The topological polar surface area (TPSA) is 79.5 Å². The minimum atomic E-state index is -0.776. The Bertz CT molecular complexity index is 397. The summed E-state index contributed by atoms with van der Waals surface area (Å²) in [6, 6.07) is 3.46. The van der Waals surface area contributed by atoms with Gasteiger partial charge in [-0.05, 0) is 25.0 Å². The third-order valence-corrected chi connectivity index (χ3v) is 2.59. The summed E-state index contributed by atoms with van der Waals surface area (Å²) in [5.41, 5.74) is 0. The third-order valence-electron chi connectivity index (χ3n) is 2.59. The molecule has 100 valence electrons. The second kappa shape index (κ2) is 7.53. The zero-order chi connectivity index (χ0) is 13.4. The Morgan fingerprint density at radius 2 is 2.06 bits per heavy atom. The zero-order valence-corrected chi connectivity index (χ0v) is 10.6. The number of amides is 1. The van der Waals surface area contributed by atoms with Crippen LogP contribution >= 0.6 is 0 Å². The van der Waals surface area contributed by atoms with Gasteiger partial charge in [0.1, 0.15) is 5.76 Å². The van der Waals surface area contributed by atoms with Crippen molar-refractivity contribution in [1.29, 1.82) is 0 Å². The smallest absolute Gasteiger partial charge is 0.303 e. The molecule has 0 saturated carbocycles. The highest BCUT2D eigenvalue weighted by atomic mass is 16.4. The van der Waals surface area contributed by atoms with Crippen LogP contribution in [0.4, 0.5) is 0 Å².